The summed E-state index contributed by atoms with van der Waals surface area (Å²) in [5.41, 5.74) is 1.77. The summed E-state index contributed by atoms with van der Waals surface area (Å²) in [5, 5.41) is 3.28. The average Bonchev–Trinajstić information content (AvgIpc) is 2.83. The van der Waals surface area contributed by atoms with Crippen molar-refractivity contribution < 1.29 is 9.15 Å². The number of anilines is 1. The number of nitrogens with one attached hydrogen (secondary N) is 1. The van der Waals surface area contributed by atoms with Gasteiger partial charge in [-0.2, -0.15) is 0 Å². The van der Waals surface area contributed by atoms with E-state index >= 15 is 0 Å². The molecule has 5 nitrogen and oxygen atoms in total. The third-order valence-electron chi connectivity index (χ3n) is 2.73. The van der Waals surface area contributed by atoms with Crippen molar-refractivity contribution in [3.63, 3.8) is 0 Å². The average molecular weight is 261 g/mol. The maximum Gasteiger partial charge on any atom is 0.165 e. The van der Waals surface area contributed by atoms with Gasteiger partial charge in [-0.15, -0.1) is 0 Å². The zero-order valence-corrected chi connectivity index (χ0v) is 11.6. The van der Waals surface area contributed by atoms with Gasteiger partial charge in [-0.05, 0) is 19.4 Å². The topological polar surface area (TPSA) is 60.2 Å². The summed E-state index contributed by atoms with van der Waals surface area (Å²) in [6.45, 7) is 5.37. The first-order valence-electron chi connectivity index (χ1n) is 6.39. The Balaban J connectivity index is 2.36. The molecule has 0 aliphatic carbocycles. The van der Waals surface area contributed by atoms with Gasteiger partial charge in [0.2, 0.25) is 0 Å². The van der Waals surface area contributed by atoms with Gasteiger partial charge in [0.25, 0.3) is 0 Å². The van der Waals surface area contributed by atoms with Crippen molar-refractivity contribution >= 4 is 5.82 Å². The van der Waals surface area contributed by atoms with Crippen molar-refractivity contribution in [1.82, 2.24) is 9.97 Å². The number of hydrogen-bond acceptors (Lipinski definition) is 5. The SMILES string of the molecule is CCCNc1cc(COC)nc(-c2ccoc2C)n1. The normalized spacial score (nSPS) is 10.7. The Hall–Kier alpha value is -1.88. The summed E-state index contributed by atoms with van der Waals surface area (Å²) in [6, 6.07) is 3.79. The summed E-state index contributed by atoms with van der Waals surface area (Å²) >= 11 is 0. The maximum atomic E-state index is 5.31. The van der Waals surface area contributed by atoms with Gasteiger partial charge in [0.05, 0.1) is 24.1 Å². The Kier molecular flexibility index (Phi) is 4.52. The first kappa shape index (κ1) is 13.5. The summed E-state index contributed by atoms with van der Waals surface area (Å²) in [4.78, 5) is 9.02. The molecule has 0 amide bonds. The number of aromatic nitrogens is 2. The fourth-order valence-corrected chi connectivity index (χ4v) is 1.80. The number of nitrogens with zero attached hydrogens (tertiary/aromatic N) is 2. The van der Waals surface area contributed by atoms with E-state index in [-0.39, 0.29) is 0 Å². The molecule has 5 heteroatoms. The van der Waals surface area contributed by atoms with Gasteiger partial charge in [0.15, 0.2) is 5.82 Å². The lowest BCUT2D eigenvalue weighted by Gasteiger charge is -2.08. The van der Waals surface area contributed by atoms with Crippen LogP contribution in [0.4, 0.5) is 5.82 Å². The zero-order chi connectivity index (χ0) is 13.7. The molecule has 1 N–H and O–H groups in total. The van der Waals surface area contributed by atoms with Crippen LogP contribution in [0.25, 0.3) is 11.4 Å². The third kappa shape index (κ3) is 3.32. The quantitative estimate of drug-likeness (QED) is 0.866. The van der Waals surface area contributed by atoms with E-state index in [9.17, 15) is 0 Å². The molecule has 0 spiro atoms. The van der Waals surface area contributed by atoms with Crippen LogP contribution < -0.4 is 5.32 Å². The van der Waals surface area contributed by atoms with E-state index in [0.29, 0.717) is 12.4 Å². The highest BCUT2D eigenvalue weighted by Crippen LogP contribution is 2.22. The van der Waals surface area contributed by atoms with Crippen molar-refractivity contribution in [2.24, 2.45) is 0 Å². The summed E-state index contributed by atoms with van der Waals surface area (Å²) in [7, 11) is 1.66. The highest BCUT2D eigenvalue weighted by molar-refractivity contribution is 5.59. The predicted molar refractivity (Wildman–Crippen MR) is 74.0 cm³/mol. The van der Waals surface area contributed by atoms with Gasteiger partial charge in [-0.1, -0.05) is 6.92 Å². The number of aryl methyl sites for hydroxylation is 1. The first-order valence-corrected chi connectivity index (χ1v) is 6.39. The van der Waals surface area contributed by atoms with Gasteiger partial charge in [-0.25, -0.2) is 9.97 Å². The maximum absolute atomic E-state index is 5.31. The molecule has 0 saturated heterocycles. The van der Waals surface area contributed by atoms with Crippen LogP contribution in [0, 0.1) is 6.92 Å². The van der Waals surface area contributed by atoms with Crippen molar-refractivity contribution in [3.05, 3.63) is 29.9 Å². The molecular weight excluding hydrogens is 242 g/mol. The van der Waals surface area contributed by atoms with E-state index in [4.69, 9.17) is 9.15 Å². The van der Waals surface area contributed by atoms with Crippen molar-refractivity contribution in [2.45, 2.75) is 26.9 Å². The number of rotatable bonds is 6. The molecule has 0 bridgehead atoms. The van der Waals surface area contributed by atoms with Crippen LogP contribution in [0.15, 0.2) is 22.8 Å². The Labute approximate surface area is 113 Å². The standard InChI is InChI=1S/C14H19N3O2/c1-4-6-15-13-8-11(9-18-3)16-14(17-13)12-5-7-19-10(12)2/h5,7-8H,4,6,9H2,1-3H3,(H,15,16,17). The third-order valence-corrected chi connectivity index (χ3v) is 2.73. The van der Waals surface area contributed by atoms with E-state index in [1.54, 1.807) is 13.4 Å². The molecule has 2 heterocycles. The second-order valence-corrected chi connectivity index (χ2v) is 4.32. The molecule has 0 radical (unpaired) electrons. The van der Waals surface area contributed by atoms with Gasteiger partial charge < -0.3 is 14.5 Å². The molecule has 102 valence electrons. The first-order chi connectivity index (χ1) is 9.24. The van der Waals surface area contributed by atoms with Crippen LogP contribution in [-0.4, -0.2) is 23.6 Å². The number of ether oxygens (including phenoxy) is 1. The molecule has 2 aromatic rings. The number of hydrogen-bond donors (Lipinski definition) is 1. The van der Waals surface area contributed by atoms with E-state index < -0.39 is 0 Å². The Morgan fingerprint density at radius 1 is 1.37 bits per heavy atom. The van der Waals surface area contributed by atoms with E-state index in [0.717, 1.165) is 35.8 Å². The van der Waals surface area contributed by atoms with E-state index in [2.05, 4.69) is 22.2 Å². The lowest BCUT2D eigenvalue weighted by molar-refractivity contribution is 0.181. The molecule has 0 aliphatic rings. The highest BCUT2D eigenvalue weighted by Gasteiger charge is 2.11. The molecule has 0 aromatic carbocycles. The van der Waals surface area contributed by atoms with E-state index in [1.165, 1.54) is 0 Å². The summed E-state index contributed by atoms with van der Waals surface area (Å²) < 4.78 is 10.5. The fraction of sp³-hybridized carbons (Fsp3) is 0.429. The minimum absolute atomic E-state index is 0.466. The van der Waals surface area contributed by atoms with Gasteiger partial charge in [0, 0.05) is 19.7 Å². The van der Waals surface area contributed by atoms with Crippen LogP contribution in [0.1, 0.15) is 24.8 Å². The summed E-state index contributed by atoms with van der Waals surface area (Å²) in [6.07, 6.45) is 2.69. The van der Waals surface area contributed by atoms with Crippen molar-refractivity contribution in [3.8, 4) is 11.4 Å². The molecule has 0 saturated carbocycles. The lowest BCUT2D eigenvalue weighted by atomic mass is 10.2. The van der Waals surface area contributed by atoms with Crippen LogP contribution >= 0.6 is 0 Å². The second kappa shape index (κ2) is 6.33. The van der Waals surface area contributed by atoms with Gasteiger partial charge in [0.1, 0.15) is 11.6 Å². The second-order valence-electron chi connectivity index (χ2n) is 4.32. The Bertz CT molecular complexity index is 537. The van der Waals surface area contributed by atoms with Crippen LogP contribution in [-0.2, 0) is 11.3 Å². The molecule has 0 aliphatic heterocycles. The molecular formula is C14H19N3O2. The van der Waals surface area contributed by atoms with Gasteiger partial charge in [-0.3, -0.25) is 0 Å². The predicted octanol–water partition coefficient (Wildman–Crippen LogP) is 3.01. The fourth-order valence-electron chi connectivity index (χ4n) is 1.80. The minimum Gasteiger partial charge on any atom is -0.469 e. The number of furan rings is 1. The van der Waals surface area contributed by atoms with Crippen LogP contribution in [0.5, 0.6) is 0 Å². The molecule has 19 heavy (non-hydrogen) atoms. The number of methoxy groups -OCH3 is 1. The van der Waals surface area contributed by atoms with Crippen molar-refractivity contribution in [2.75, 3.05) is 19.0 Å². The highest BCUT2D eigenvalue weighted by atomic mass is 16.5. The van der Waals surface area contributed by atoms with Crippen LogP contribution in [0.3, 0.4) is 0 Å². The molecule has 2 aromatic heterocycles. The Morgan fingerprint density at radius 2 is 2.21 bits per heavy atom. The molecule has 0 unspecified atom stereocenters. The van der Waals surface area contributed by atoms with Crippen molar-refractivity contribution in [1.29, 1.82) is 0 Å². The van der Waals surface area contributed by atoms with Gasteiger partial charge >= 0.3 is 0 Å². The van der Waals surface area contributed by atoms with E-state index in [1.807, 2.05) is 19.1 Å². The lowest BCUT2D eigenvalue weighted by Crippen LogP contribution is -2.06. The Morgan fingerprint density at radius 3 is 2.84 bits per heavy atom. The molecule has 0 fully saturated rings. The largest absolute Gasteiger partial charge is 0.469 e. The summed E-state index contributed by atoms with van der Waals surface area (Å²) in [5.74, 6) is 2.30. The zero-order valence-electron chi connectivity index (χ0n) is 11.6. The van der Waals surface area contributed by atoms with Crippen LogP contribution in [0.2, 0.25) is 0 Å². The minimum atomic E-state index is 0.466. The monoisotopic (exact) mass is 261 g/mol. The smallest absolute Gasteiger partial charge is 0.165 e. The molecule has 2 rings (SSSR count). The molecule has 0 atom stereocenters.